The summed E-state index contributed by atoms with van der Waals surface area (Å²) in [5.41, 5.74) is 0.0647. The summed E-state index contributed by atoms with van der Waals surface area (Å²) in [6.45, 7) is 3.36. The van der Waals surface area contributed by atoms with E-state index in [1.54, 1.807) is 0 Å². The van der Waals surface area contributed by atoms with Gasteiger partial charge >= 0.3 is 5.69 Å². The van der Waals surface area contributed by atoms with Crippen molar-refractivity contribution in [3.8, 4) is 17.3 Å². The average molecular weight is 486 g/mol. The Morgan fingerprint density at radius 2 is 1.67 bits per heavy atom. The van der Waals surface area contributed by atoms with Crippen LogP contribution >= 0.6 is 23.2 Å². The number of hydrogen-bond acceptors (Lipinski definition) is 6. The molecule has 33 heavy (non-hydrogen) atoms. The van der Waals surface area contributed by atoms with Crippen LogP contribution in [0, 0.1) is 6.92 Å². The number of rotatable bonds is 5. The first-order chi connectivity index (χ1) is 15.7. The fourth-order valence-electron chi connectivity index (χ4n) is 3.22. The molecule has 0 aliphatic carbocycles. The van der Waals surface area contributed by atoms with Crippen molar-refractivity contribution in [2.75, 3.05) is 0 Å². The number of aromatic amines is 2. The highest BCUT2D eigenvalue weighted by atomic mass is 35.5. The third kappa shape index (κ3) is 4.59. The SMILES string of the molecule is Cc1nn(-c2cc(Cl)c(Oc3cc(C(C)c4ccccc4)c(=O)[nH]n3)c(Cl)c2)c(=O)[nH]c1=O. The molecule has 0 amide bonds. The van der Waals surface area contributed by atoms with E-state index in [9.17, 15) is 14.4 Å². The van der Waals surface area contributed by atoms with Gasteiger partial charge in [-0.15, -0.1) is 5.10 Å². The van der Waals surface area contributed by atoms with E-state index >= 15 is 0 Å². The highest BCUT2D eigenvalue weighted by Gasteiger charge is 2.18. The lowest BCUT2D eigenvalue weighted by molar-refractivity contribution is 0.453. The zero-order valence-electron chi connectivity index (χ0n) is 17.4. The van der Waals surface area contributed by atoms with E-state index < -0.39 is 11.2 Å². The quantitative estimate of drug-likeness (QED) is 0.445. The molecule has 1 unspecified atom stereocenters. The summed E-state index contributed by atoms with van der Waals surface area (Å²) < 4.78 is 6.74. The molecule has 2 heterocycles. The van der Waals surface area contributed by atoms with E-state index in [2.05, 4.69) is 20.3 Å². The molecule has 0 radical (unpaired) electrons. The lowest BCUT2D eigenvalue weighted by Gasteiger charge is -2.14. The van der Waals surface area contributed by atoms with Crippen molar-refractivity contribution in [2.24, 2.45) is 0 Å². The van der Waals surface area contributed by atoms with E-state index in [1.165, 1.54) is 25.1 Å². The van der Waals surface area contributed by atoms with Gasteiger partial charge < -0.3 is 4.74 Å². The van der Waals surface area contributed by atoms with E-state index in [0.717, 1.165) is 10.2 Å². The van der Waals surface area contributed by atoms with Crippen LogP contribution in [0.1, 0.15) is 29.7 Å². The van der Waals surface area contributed by atoms with Gasteiger partial charge in [-0.3, -0.25) is 14.6 Å². The van der Waals surface area contributed by atoms with Gasteiger partial charge in [0.25, 0.3) is 11.1 Å². The van der Waals surface area contributed by atoms with Gasteiger partial charge in [0.15, 0.2) is 5.75 Å². The van der Waals surface area contributed by atoms with E-state index in [0.29, 0.717) is 5.56 Å². The van der Waals surface area contributed by atoms with Crippen LogP contribution in [0.3, 0.4) is 0 Å². The lowest BCUT2D eigenvalue weighted by atomic mass is 9.95. The standard InChI is InChI=1S/C22H17Cl2N5O4/c1-11(13-6-4-3-5-7-13)15-10-18(26-27-21(15)31)33-19-16(23)8-14(9-17(19)24)29-22(32)25-20(30)12(2)28-29/h3-11H,1-2H3,(H,27,31)(H,25,30,32). The summed E-state index contributed by atoms with van der Waals surface area (Å²) in [6, 6.07) is 13.9. The maximum Gasteiger partial charge on any atom is 0.349 e. The summed E-state index contributed by atoms with van der Waals surface area (Å²) in [5, 5.41) is 10.5. The zero-order chi connectivity index (χ0) is 23.7. The Morgan fingerprint density at radius 1 is 1.00 bits per heavy atom. The third-order valence-corrected chi connectivity index (χ3v) is 5.56. The Hall–Kier alpha value is -3.69. The molecule has 2 N–H and O–H groups in total. The second kappa shape index (κ2) is 9.05. The van der Waals surface area contributed by atoms with Crippen LogP contribution in [0.5, 0.6) is 11.6 Å². The van der Waals surface area contributed by atoms with E-state index in [4.69, 9.17) is 27.9 Å². The van der Waals surface area contributed by atoms with Gasteiger partial charge in [-0.1, -0.05) is 60.5 Å². The fraction of sp³-hybridized carbons (Fsp3) is 0.136. The Balaban J connectivity index is 1.69. The molecule has 0 bridgehead atoms. The van der Waals surface area contributed by atoms with Crippen molar-refractivity contribution >= 4 is 23.2 Å². The van der Waals surface area contributed by atoms with Crippen LogP contribution in [0.15, 0.2) is 62.9 Å². The van der Waals surface area contributed by atoms with Gasteiger partial charge in [0.1, 0.15) is 5.69 Å². The van der Waals surface area contributed by atoms with Crippen LogP contribution in [0.4, 0.5) is 0 Å². The second-order valence-electron chi connectivity index (χ2n) is 7.22. The van der Waals surface area contributed by atoms with Crippen LogP contribution in [-0.4, -0.2) is 25.0 Å². The Morgan fingerprint density at radius 3 is 2.33 bits per heavy atom. The van der Waals surface area contributed by atoms with Crippen molar-refractivity contribution in [2.45, 2.75) is 19.8 Å². The third-order valence-electron chi connectivity index (χ3n) is 5.00. The minimum Gasteiger partial charge on any atom is -0.434 e. The number of aryl methyl sites for hydroxylation is 1. The summed E-state index contributed by atoms with van der Waals surface area (Å²) in [6.07, 6.45) is 0. The highest BCUT2D eigenvalue weighted by Crippen LogP contribution is 2.37. The highest BCUT2D eigenvalue weighted by molar-refractivity contribution is 6.37. The summed E-state index contributed by atoms with van der Waals surface area (Å²) in [7, 11) is 0. The number of hydrogen-bond donors (Lipinski definition) is 2. The monoisotopic (exact) mass is 485 g/mol. The summed E-state index contributed by atoms with van der Waals surface area (Å²) in [5.74, 6) is -0.0525. The molecular weight excluding hydrogens is 469 g/mol. The molecule has 4 rings (SSSR count). The molecule has 0 saturated heterocycles. The number of aromatic nitrogens is 5. The predicted molar refractivity (Wildman–Crippen MR) is 124 cm³/mol. The Bertz CT molecular complexity index is 1490. The largest absolute Gasteiger partial charge is 0.434 e. The first-order valence-electron chi connectivity index (χ1n) is 9.76. The molecule has 0 saturated carbocycles. The number of nitrogens with zero attached hydrogens (tertiary/aromatic N) is 3. The van der Waals surface area contributed by atoms with Gasteiger partial charge in [0.05, 0.1) is 15.7 Å². The van der Waals surface area contributed by atoms with Gasteiger partial charge in [-0.2, -0.15) is 9.78 Å². The van der Waals surface area contributed by atoms with Crippen LogP contribution in [0.2, 0.25) is 10.0 Å². The van der Waals surface area contributed by atoms with Gasteiger partial charge in [-0.25, -0.2) is 9.89 Å². The number of ether oxygens (including phenoxy) is 1. The Kier molecular flexibility index (Phi) is 6.17. The van der Waals surface area contributed by atoms with Gasteiger partial charge in [0.2, 0.25) is 5.88 Å². The molecule has 1 atom stereocenters. The Labute approximate surface area is 196 Å². The normalized spacial score (nSPS) is 11.9. The molecule has 0 spiro atoms. The first-order valence-corrected chi connectivity index (χ1v) is 10.5. The first kappa shape index (κ1) is 22.5. The van der Waals surface area contributed by atoms with E-state index in [1.807, 2.05) is 37.3 Å². The molecule has 2 aromatic heterocycles. The summed E-state index contributed by atoms with van der Waals surface area (Å²) >= 11 is 12.7. The number of H-pyrrole nitrogens is 2. The smallest absolute Gasteiger partial charge is 0.349 e. The minimum atomic E-state index is -0.742. The van der Waals surface area contributed by atoms with Crippen molar-refractivity contribution < 1.29 is 4.74 Å². The lowest BCUT2D eigenvalue weighted by Crippen LogP contribution is -2.32. The number of halogens is 2. The molecular formula is C22H17Cl2N5O4. The molecule has 9 nitrogen and oxygen atoms in total. The molecule has 2 aromatic carbocycles. The minimum absolute atomic E-state index is 0.0701. The second-order valence-corrected chi connectivity index (χ2v) is 8.03. The van der Waals surface area contributed by atoms with Gasteiger partial charge in [0, 0.05) is 17.5 Å². The number of benzene rings is 2. The van der Waals surface area contributed by atoms with Crippen LogP contribution in [0.25, 0.3) is 5.69 Å². The van der Waals surface area contributed by atoms with Crippen molar-refractivity contribution in [3.05, 3.63) is 107 Å². The maximum absolute atomic E-state index is 12.4. The average Bonchev–Trinajstić information content (AvgIpc) is 2.79. The number of nitrogens with one attached hydrogen (secondary N) is 2. The van der Waals surface area contributed by atoms with E-state index in [-0.39, 0.29) is 44.5 Å². The van der Waals surface area contributed by atoms with Gasteiger partial charge in [-0.05, 0) is 24.6 Å². The molecule has 4 aromatic rings. The molecule has 168 valence electrons. The van der Waals surface area contributed by atoms with Crippen molar-refractivity contribution in [1.29, 1.82) is 0 Å². The van der Waals surface area contributed by atoms with Crippen LogP contribution < -0.4 is 21.5 Å². The van der Waals surface area contributed by atoms with Crippen LogP contribution in [-0.2, 0) is 0 Å². The van der Waals surface area contributed by atoms with Crippen molar-refractivity contribution in [1.82, 2.24) is 25.0 Å². The maximum atomic E-state index is 12.4. The predicted octanol–water partition coefficient (Wildman–Crippen LogP) is 3.56. The molecule has 11 heteroatoms. The topological polar surface area (TPSA) is 123 Å². The summed E-state index contributed by atoms with van der Waals surface area (Å²) in [4.78, 5) is 38.2. The van der Waals surface area contributed by atoms with Crippen molar-refractivity contribution in [3.63, 3.8) is 0 Å². The molecule has 0 fully saturated rings. The molecule has 0 aliphatic rings. The zero-order valence-corrected chi connectivity index (χ0v) is 18.9. The molecule has 0 aliphatic heterocycles. The fourth-order valence-corrected chi connectivity index (χ4v) is 3.78.